The second-order valence-electron chi connectivity index (χ2n) is 11.4. The molecule has 234 valence electrons. The van der Waals surface area contributed by atoms with Crippen LogP contribution in [0.3, 0.4) is 0 Å². The normalized spacial score (nSPS) is 20.8. The molecule has 1 spiro atoms. The first-order valence-corrected chi connectivity index (χ1v) is 17.4. The molecule has 1 aliphatic carbocycles. The van der Waals surface area contributed by atoms with Crippen LogP contribution in [0.2, 0.25) is 5.02 Å². The summed E-state index contributed by atoms with van der Waals surface area (Å²) in [6.07, 6.45) is -2.19. The Morgan fingerprint density at radius 3 is 2.32 bits per heavy atom. The molecule has 1 N–H and O–H groups in total. The van der Waals surface area contributed by atoms with Crippen molar-refractivity contribution in [1.82, 2.24) is 10.3 Å². The standard InChI is InChI=1S/C29H26ClF4N3O5S2/c30-23-14-19(29(32,33)34)15-35-24(23)16-36-27(38)18-3-8-25-22(13-18)28(9-11-43(39,40)12-10-28)26(17-1-2-17)37(25)44(41,42)21-6-4-20(31)5-7-21/h3-8,13-15,17,26H,1-2,9-12,16H2,(H,36,38)/t26-/m0/s1. The molecule has 1 amide bonds. The number of nitrogens with one attached hydrogen (secondary N) is 1. The number of nitrogens with zero attached hydrogens (tertiary/aromatic N) is 2. The molecule has 0 unspecified atom stereocenters. The van der Waals surface area contributed by atoms with Crippen molar-refractivity contribution in [2.45, 2.75) is 54.8 Å². The number of pyridine rings is 1. The monoisotopic (exact) mass is 671 g/mol. The lowest BCUT2D eigenvalue weighted by Crippen LogP contribution is -2.52. The molecule has 0 bridgehead atoms. The maximum atomic E-state index is 14.1. The predicted octanol–water partition coefficient (Wildman–Crippen LogP) is 5.26. The van der Waals surface area contributed by atoms with Gasteiger partial charge in [-0.15, -0.1) is 0 Å². The minimum atomic E-state index is -4.63. The van der Waals surface area contributed by atoms with Gasteiger partial charge in [-0.3, -0.25) is 14.1 Å². The smallest absolute Gasteiger partial charge is 0.346 e. The Kier molecular flexibility index (Phi) is 7.48. The lowest BCUT2D eigenvalue weighted by molar-refractivity contribution is -0.137. The fourth-order valence-corrected chi connectivity index (χ4v) is 9.93. The van der Waals surface area contributed by atoms with Crippen LogP contribution in [0.5, 0.6) is 0 Å². The summed E-state index contributed by atoms with van der Waals surface area (Å²) in [4.78, 5) is 16.9. The number of sulfone groups is 1. The van der Waals surface area contributed by atoms with Crippen LogP contribution in [0.25, 0.3) is 0 Å². The third kappa shape index (κ3) is 5.45. The molecule has 6 rings (SSSR count). The van der Waals surface area contributed by atoms with Gasteiger partial charge in [-0.1, -0.05) is 11.6 Å². The quantitative estimate of drug-likeness (QED) is 0.358. The van der Waals surface area contributed by atoms with Crippen molar-refractivity contribution in [1.29, 1.82) is 0 Å². The first-order valence-electron chi connectivity index (χ1n) is 13.8. The van der Waals surface area contributed by atoms with Crippen molar-refractivity contribution in [3.63, 3.8) is 0 Å². The van der Waals surface area contributed by atoms with E-state index in [2.05, 4.69) is 10.3 Å². The molecule has 3 aliphatic rings. The van der Waals surface area contributed by atoms with E-state index in [1.165, 1.54) is 28.6 Å². The van der Waals surface area contributed by atoms with Crippen molar-refractivity contribution >= 4 is 43.1 Å². The average Bonchev–Trinajstić information content (AvgIpc) is 3.76. The van der Waals surface area contributed by atoms with Crippen molar-refractivity contribution in [2.75, 3.05) is 15.8 Å². The number of rotatable bonds is 6. The van der Waals surface area contributed by atoms with Crippen molar-refractivity contribution in [2.24, 2.45) is 5.92 Å². The Labute approximate surface area is 256 Å². The van der Waals surface area contributed by atoms with E-state index < -0.39 is 54.8 Å². The molecule has 2 fully saturated rings. The molecule has 15 heteroatoms. The van der Waals surface area contributed by atoms with Crippen LogP contribution in [0.15, 0.2) is 59.6 Å². The fourth-order valence-electron chi connectivity index (χ4n) is 6.34. The van der Waals surface area contributed by atoms with Gasteiger partial charge in [-0.2, -0.15) is 13.2 Å². The number of aromatic nitrogens is 1. The minimum Gasteiger partial charge on any atom is -0.346 e. The summed E-state index contributed by atoms with van der Waals surface area (Å²) in [5.74, 6) is -1.53. The van der Waals surface area contributed by atoms with E-state index in [1.54, 1.807) is 6.07 Å². The fraction of sp³-hybridized carbons (Fsp3) is 0.379. The van der Waals surface area contributed by atoms with Gasteiger partial charge in [0.25, 0.3) is 15.9 Å². The molecule has 1 saturated carbocycles. The van der Waals surface area contributed by atoms with Crippen molar-refractivity contribution < 1.29 is 39.2 Å². The zero-order valence-electron chi connectivity index (χ0n) is 22.9. The van der Waals surface area contributed by atoms with E-state index in [-0.39, 0.29) is 58.0 Å². The van der Waals surface area contributed by atoms with Gasteiger partial charge in [0, 0.05) is 17.2 Å². The number of hydrogen-bond donors (Lipinski definition) is 1. The van der Waals surface area contributed by atoms with Crippen LogP contribution in [0.4, 0.5) is 23.2 Å². The second-order valence-corrected chi connectivity index (χ2v) is 15.9. The number of carbonyl (C=O) groups is 1. The van der Waals surface area contributed by atoms with Crippen molar-refractivity contribution in [3.8, 4) is 0 Å². The van der Waals surface area contributed by atoms with Gasteiger partial charge in [0.1, 0.15) is 15.7 Å². The van der Waals surface area contributed by atoms with E-state index in [4.69, 9.17) is 11.6 Å². The third-order valence-corrected chi connectivity index (χ3v) is 12.5. The van der Waals surface area contributed by atoms with E-state index in [0.29, 0.717) is 17.4 Å². The first-order chi connectivity index (χ1) is 20.6. The van der Waals surface area contributed by atoms with Gasteiger partial charge < -0.3 is 5.32 Å². The van der Waals surface area contributed by atoms with E-state index in [0.717, 1.165) is 31.0 Å². The number of carbonyl (C=O) groups excluding carboxylic acids is 1. The molecular weight excluding hydrogens is 646 g/mol. The van der Waals surface area contributed by atoms with Gasteiger partial charge >= 0.3 is 6.18 Å². The highest BCUT2D eigenvalue weighted by Gasteiger charge is 2.60. The Bertz CT molecular complexity index is 1850. The van der Waals surface area contributed by atoms with Crippen LogP contribution in [-0.4, -0.2) is 45.3 Å². The Hall–Kier alpha value is -3.23. The highest BCUT2D eigenvalue weighted by Crippen LogP contribution is 2.59. The van der Waals surface area contributed by atoms with Gasteiger partial charge in [-0.25, -0.2) is 21.2 Å². The molecule has 1 atom stereocenters. The number of sulfonamides is 1. The largest absolute Gasteiger partial charge is 0.417 e. The van der Waals surface area contributed by atoms with Crippen LogP contribution >= 0.6 is 11.6 Å². The summed E-state index contributed by atoms with van der Waals surface area (Å²) in [6, 6.07) is 9.14. The summed E-state index contributed by atoms with van der Waals surface area (Å²) in [7, 11) is -7.56. The maximum absolute atomic E-state index is 14.1. The molecule has 44 heavy (non-hydrogen) atoms. The summed E-state index contributed by atoms with van der Waals surface area (Å²) < 4.78 is 107. The third-order valence-electron chi connectivity index (χ3n) is 8.67. The molecule has 1 aromatic heterocycles. The van der Waals surface area contributed by atoms with E-state index >= 15 is 0 Å². The van der Waals surface area contributed by atoms with Crippen LogP contribution in [-0.2, 0) is 38.0 Å². The minimum absolute atomic E-state index is 0.0218. The van der Waals surface area contributed by atoms with Crippen LogP contribution < -0.4 is 9.62 Å². The maximum Gasteiger partial charge on any atom is 0.417 e. The van der Waals surface area contributed by atoms with Gasteiger partial charge in [-0.05, 0) is 85.7 Å². The van der Waals surface area contributed by atoms with Gasteiger partial charge in [0.05, 0.1) is 51.0 Å². The lowest BCUT2D eigenvalue weighted by Gasteiger charge is -2.41. The summed E-state index contributed by atoms with van der Waals surface area (Å²) in [5, 5.41) is 2.33. The predicted molar refractivity (Wildman–Crippen MR) is 154 cm³/mol. The van der Waals surface area contributed by atoms with E-state index in [9.17, 15) is 39.2 Å². The van der Waals surface area contributed by atoms with E-state index in [1.807, 2.05) is 0 Å². The highest BCUT2D eigenvalue weighted by molar-refractivity contribution is 7.93. The number of halogens is 5. The Morgan fingerprint density at radius 1 is 1.07 bits per heavy atom. The number of anilines is 1. The number of benzene rings is 2. The van der Waals surface area contributed by atoms with Crippen molar-refractivity contribution in [3.05, 3.63) is 88.0 Å². The molecule has 3 heterocycles. The Morgan fingerprint density at radius 2 is 1.73 bits per heavy atom. The zero-order chi connectivity index (χ0) is 31.7. The first kappa shape index (κ1) is 30.8. The summed E-state index contributed by atoms with van der Waals surface area (Å²) in [6.45, 7) is -0.272. The molecule has 8 nitrogen and oxygen atoms in total. The van der Waals surface area contributed by atoms with Gasteiger partial charge in [0.15, 0.2) is 0 Å². The Balaban J connectivity index is 1.37. The second kappa shape index (κ2) is 10.7. The van der Waals surface area contributed by atoms with Crippen LogP contribution in [0.1, 0.15) is 52.9 Å². The number of amides is 1. The summed E-state index contributed by atoms with van der Waals surface area (Å²) >= 11 is 5.99. The molecule has 1 saturated heterocycles. The molecule has 2 aromatic carbocycles. The average molecular weight is 672 g/mol. The molecule has 3 aromatic rings. The molecule has 0 radical (unpaired) electrons. The zero-order valence-corrected chi connectivity index (χ0v) is 25.3. The summed E-state index contributed by atoms with van der Waals surface area (Å²) in [5.41, 5.74) is -0.878. The topological polar surface area (TPSA) is 114 Å². The number of fused-ring (bicyclic) bond motifs is 2. The lowest BCUT2D eigenvalue weighted by atomic mass is 9.70. The van der Waals surface area contributed by atoms with Gasteiger partial charge in [0.2, 0.25) is 0 Å². The number of alkyl halides is 3. The molecular formula is C29H26ClF4N3O5S2. The SMILES string of the molecule is O=C(NCc1ncc(C(F)(F)F)cc1Cl)c1ccc2c(c1)C1(CCS(=O)(=O)CC1)[C@H](C1CC1)N2S(=O)(=O)c1ccc(F)cc1. The van der Waals surface area contributed by atoms with Crippen LogP contribution in [0, 0.1) is 11.7 Å². The number of hydrogen-bond acceptors (Lipinski definition) is 6. The molecule has 2 aliphatic heterocycles. The highest BCUT2D eigenvalue weighted by atomic mass is 35.5.